The molecule has 1 fully saturated rings. The lowest BCUT2D eigenvalue weighted by Crippen LogP contribution is -2.43. The summed E-state index contributed by atoms with van der Waals surface area (Å²) in [6.45, 7) is -0.147. The lowest BCUT2D eigenvalue weighted by Gasteiger charge is -2.33. The number of piperidine rings is 1. The van der Waals surface area contributed by atoms with Crippen LogP contribution in [0.1, 0.15) is 18.5 Å². The van der Waals surface area contributed by atoms with E-state index in [1.54, 1.807) is 18.2 Å². The molecule has 0 saturated carbocycles. The van der Waals surface area contributed by atoms with E-state index < -0.39 is 28.8 Å². The molecular weight excluding hydrogens is 615 g/mol. The SMILES string of the molecule is COc1cc(S(=O)(=O)NCCO)ccc1NCC#Cc1cc2c(NC3CCN(CC(O)CO)CC3)cccc2n1CC(F)(F)F. The smallest absolute Gasteiger partial charge is 0.406 e. The van der Waals surface area contributed by atoms with Crippen LogP contribution in [0.15, 0.2) is 47.4 Å². The summed E-state index contributed by atoms with van der Waals surface area (Å²) in [5, 5.41) is 34.8. The number of aliphatic hydroxyl groups is 3. The molecule has 246 valence electrons. The zero-order chi connectivity index (χ0) is 32.6. The van der Waals surface area contributed by atoms with Gasteiger partial charge in [-0.2, -0.15) is 13.2 Å². The minimum atomic E-state index is -4.47. The first-order valence-electron chi connectivity index (χ1n) is 14.4. The molecule has 4 rings (SSSR count). The van der Waals surface area contributed by atoms with Crippen molar-refractivity contribution in [3.8, 4) is 17.6 Å². The number of fused-ring (bicyclic) bond motifs is 1. The van der Waals surface area contributed by atoms with Crippen molar-refractivity contribution in [1.29, 1.82) is 0 Å². The van der Waals surface area contributed by atoms with Crippen molar-refractivity contribution < 1.29 is 41.6 Å². The number of aromatic nitrogens is 1. The lowest BCUT2D eigenvalue weighted by molar-refractivity contribution is -0.140. The number of methoxy groups -OCH3 is 1. The van der Waals surface area contributed by atoms with Gasteiger partial charge in [-0.25, -0.2) is 13.1 Å². The Morgan fingerprint density at radius 1 is 1.11 bits per heavy atom. The summed E-state index contributed by atoms with van der Waals surface area (Å²) in [6, 6.07) is 11.1. The highest BCUT2D eigenvalue weighted by Crippen LogP contribution is 2.32. The summed E-state index contributed by atoms with van der Waals surface area (Å²) in [4.78, 5) is 2.01. The van der Waals surface area contributed by atoms with E-state index in [0.717, 1.165) is 17.4 Å². The predicted octanol–water partition coefficient (Wildman–Crippen LogP) is 2.18. The number of hydrogen-bond donors (Lipinski definition) is 6. The number of rotatable bonds is 13. The van der Waals surface area contributed by atoms with Gasteiger partial charge in [0, 0.05) is 49.4 Å². The summed E-state index contributed by atoms with van der Waals surface area (Å²) < 4.78 is 74.3. The molecule has 2 aromatic carbocycles. The maximum atomic E-state index is 13.6. The van der Waals surface area contributed by atoms with Crippen LogP contribution in [-0.4, -0.2) is 105 Å². The topological polar surface area (TPSA) is 148 Å². The number of halogens is 3. The molecule has 15 heteroatoms. The van der Waals surface area contributed by atoms with Crippen LogP contribution in [0.3, 0.4) is 0 Å². The molecular formula is C30H38F3N5O6S. The number of alkyl halides is 3. The minimum Gasteiger partial charge on any atom is -0.495 e. The Balaban J connectivity index is 1.51. The predicted molar refractivity (Wildman–Crippen MR) is 165 cm³/mol. The van der Waals surface area contributed by atoms with Crippen molar-refractivity contribution in [2.24, 2.45) is 0 Å². The average molecular weight is 654 g/mol. The molecule has 11 nitrogen and oxygen atoms in total. The molecule has 1 aliphatic heterocycles. The van der Waals surface area contributed by atoms with Gasteiger partial charge in [-0.3, -0.25) is 0 Å². The Morgan fingerprint density at radius 2 is 1.87 bits per heavy atom. The summed E-state index contributed by atoms with van der Waals surface area (Å²) in [6.07, 6.45) is -3.73. The molecule has 0 bridgehead atoms. The van der Waals surface area contributed by atoms with E-state index in [2.05, 4.69) is 32.1 Å². The normalized spacial score (nSPS) is 15.4. The van der Waals surface area contributed by atoms with Crippen molar-refractivity contribution in [3.63, 3.8) is 0 Å². The number of benzene rings is 2. The first kappa shape index (κ1) is 34.4. The zero-order valence-electron chi connectivity index (χ0n) is 24.8. The monoisotopic (exact) mass is 653 g/mol. The lowest BCUT2D eigenvalue weighted by atomic mass is 10.0. The van der Waals surface area contributed by atoms with Crippen molar-refractivity contribution in [1.82, 2.24) is 14.2 Å². The van der Waals surface area contributed by atoms with E-state index in [0.29, 0.717) is 41.9 Å². The largest absolute Gasteiger partial charge is 0.495 e. The Morgan fingerprint density at radius 3 is 2.53 bits per heavy atom. The third-order valence-corrected chi connectivity index (χ3v) is 8.84. The van der Waals surface area contributed by atoms with Crippen LogP contribution in [0.5, 0.6) is 5.75 Å². The third kappa shape index (κ3) is 9.25. The van der Waals surface area contributed by atoms with E-state index in [4.69, 9.17) is 14.9 Å². The van der Waals surface area contributed by atoms with Gasteiger partial charge in [-0.05, 0) is 49.1 Å². The summed E-state index contributed by atoms with van der Waals surface area (Å²) in [7, 11) is -2.48. The van der Waals surface area contributed by atoms with E-state index in [1.165, 1.54) is 25.3 Å². The number of hydrogen-bond acceptors (Lipinski definition) is 9. The third-order valence-electron chi connectivity index (χ3n) is 7.38. The Kier molecular flexibility index (Phi) is 11.6. The Labute approximate surface area is 260 Å². The first-order chi connectivity index (χ1) is 21.4. The van der Waals surface area contributed by atoms with Crippen LogP contribution in [0.25, 0.3) is 10.9 Å². The van der Waals surface area contributed by atoms with Crippen molar-refractivity contribution in [2.45, 2.75) is 42.6 Å². The molecule has 1 aromatic heterocycles. The fraction of sp³-hybridized carbons (Fsp3) is 0.467. The van der Waals surface area contributed by atoms with Gasteiger partial charge >= 0.3 is 6.18 Å². The quantitative estimate of drug-likeness (QED) is 0.153. The highest BCUT2D eigenvalue weighted by atomic mass is 32.2. The van der Waals surface area contributed by atoms with Gasteiger partial charge in [0.2, 0.25) is 10.0 Å². The van der Waals surface area contributed by atoms with Gasteiger partial charge in [0.1, 0.15) is 12.3 Å². The number of nitrogens with zero attached hydrogens (tertiary/aromatic N) is 2. The molecule has 1 saturated heterocycles. The van der Waals surface area contributed by atoms with Crippen LogP contribution in [0, 0.1) is 11.8 Å². The molecule has 6 N–H and O–H groups in total. The summed E-state index contributed by atoms with van der Waals surface area (Å²) in [5.74, 6) is 5.94. The Hall–Kier alpha value is -3.52. The van der Waals surface area contributed by atoms with Crippen molar-refractivity contribution >= 4 is 32.3 Å². The highest BCUT2D eigenvalue weighted by molar-refractivity contribution is 7.89. The second kappa shape index (κ2) is 15.2. The van der Waals surface area contributed by atoms with Gasteiger partial charge < -0.3 is 40.2 Å². The number of nitrogens with one attached hydrogen (secondary N) is 3. The van der Waals surface area contributed by atoms with Gasteiger partial charge in [-0.1, -0.05) is 12.0 Å². The van der Waals surface area contributed by atoms with Gasteiger partial charge in [0.15, 0.2) is 0 Å². The Bertz CT molecular complexity index is 1610. The molecule has 45 heavy (non-hydrogen) atoms. The number of anilines is 2. The van der Waals surface area contributed by atoms with Gasteiger partial charge in [0.25, 0.3) is 0 Å². The molecule has 1 unspecified atom stereocenters. The summed E-state index contributed by atoms with van der Waals surface area (Å²) >= 11 is 0. The van der Waals surface area contributed by atoms with Crippen LogP contribution in [0.4, 0.5) is 24.5 Å². The second-order valence-electron chi connectivity index (χ2n) is 10.7. The number of β-amino-alcohol motifs (C(OH)–C–C–N with tert-alkyl or cyclic N) is 1. The zero-order valence-corrected chi connectivity index (χ0v) is 25.6. The maximum absolute atomic E-state index is 13.6. The molecule has 0 aliphatic carbocycles. The van der Waals surface area contributed by atoms with Gasteiger partial charge in [0.05, 0.1) is 54.8 Å². The van der Waals surface area contributed by atoms with Crippen LogP contribution in [0.2, 0.25) is 0 Å². The second-order valence-corrected chi connectivity index (χ2v) is 12.4. The van der Waals surface area contributed by atoms with E-state index in [9.17, 15) is 26.7 Å². The molecule has 0 radical (unpaired) electrons. The van der Waals surface area contributed by atoms with E-state index in [-0.39, 0.29) is 48.7 Å². The standard InChI is InChI=1S/C30H38F3N5O6S/c1-44-29-17-24(45(42,43)35-12-15-39)7-8-27(29)34-11-3-4-22-16-25-26(5-2-6-28(25)38(22)20-30(31,32)33)36-21-9-13-37(14-10-21)18-23(41)19-40/h2,5-8,16-17,21,23,34-36,39-41H,9-15,18-20H2,1H3. The molecule has 0 spiro atoms. The van der Waals surface area contributed by atoms with E-state index in [1.807, 2.05) is 6.07 Å². The molecule has 3 aromatic rings. The van der Waals surface area contributed by atoms with Crippen LogP contribution >= 0.6 is 0 Å². The molecule has 1 atom stereocenters. The van der Waals surface area contributed by atoms with Crippen LogP contribution < -0.4 is 20.1 Å². The number of ether oxygens (including phenoxy) is 1. The first-order valence-corrected chi connectivity index (χ1v) is 15.9. The van der Waals surface area contributed by atoms with Crippen LogP contribution in [-0.2, 0) is 16.6 Å². The molecule has 0 amide bonds. The maximum Gasteiger partial charge on any atom is 0.406 e. The van der Waals surface area contributed by atoms with Crippen molar-refractivity contribution in [2.75, 3.05) is 63.7 Å². The number of likely N-dealkylation sites (tertiary alicyclic amines) is 1. The fourth-order valence-corrected chi connectivity index (χ4v) is 6.26. The van der Waals surface area contributed by atoms with Gasteiger partial charge in [-0.15, -0.1) is 0 Å². The average Bonchev–Trinajstić information content (AvgIpc) is 3.35. The molecule has 2 heterocycles. The highest BCUT2D eigenvalue weighted by Gasteiger charge is 2.30. The fourth-order valence-electron chi connectivity index (χ4n) is 5.22. The number of sulfonamides is 1. The summed E-state index contributed by atoms with van der Waals surface area (Å²) in [5.41, 5.74) is 1.73. The molecule has 1 aliphatic rings. The van der Waals surface area contributed by atoms with Crippen molar-refractivity contribution in [3.05, 3.63) is 48.2 Å². The van der Waals surface area contributed by atoms with E-state index >= 15 is 0 Å². The number of aliphatic hydroxyl groups excluding tert-OH is 3. The minimum absolute atomic E-state index is 0.0351.